The number of aryl methyl sites for hydroxylation is 1. The van der Waals surface area contributed by atoms with Crippen LogP contribution in [0.1, 0.15) is 16.8 Å². The molecule has 1 atom stereocenters. The number of nitrogens with zero attached hydrogens (tertiary/aromatic N) is 2. The zero-order chi connectivity index (χ0) is 16.0. The normalized spacial score (nSPS) is 11.7. The molecule has 1 rings (SSSR count). The maximum atomic E-state index is 11.0. The van der Waals surface area contributed by atoms with Gasteiger partial charge in [0.15, 0.2) is 0 Å². The van der Waals surface area contributed by atoms with Crippen LogP contribution in [0.5, 0.6) is 0 Å². The molecule has 0 radical (unpaired) electrons. The molecule has 114 valence electrons. The Morgan fingerprint density at radius 3 is 2.81 bits per heavy atom. The SMILES string of the molecule is Cc1cnc(CSCC(NC=O)C(=O)O)c(C)c1[N+](=O)[O-]. The average Bonchev–Trinajstić information content (AvgIpc) is 2.39. The Morgan fingerprint density at radius 1 is 1.62 bits per heavy atom. The van der Waals surface area contributed by atoms with Gasteiger partial charge in [0.05, 0.1) is 10.6 Å². The summed E-state index contributed by atoms with van der Waals surface area (Å²) in [4.78, 5) is 35.8. The number of nitrogens with one attached hydrogen (secondary N) is 1. The Balaban J connectivity index is 2.76. The van der Waals surface area contributed by atoms with Crippen LogP contribution in [0.25, 0.3) is 0 Å². The number of aromatic nitrogens is 1. The lowest BCUT2D eigenvalue weighted by molar-refractivity contribution is -0.386. The maximum Gasteiger partial charge on any atom is 0.327 e. The first-order valence-electron chi connectivity index (χ1n) is 5.98. The topological polar surface area (TPSA) is 122 Å². The van der Waals surface area contributed by atoms with Gasteiger partial charge in [0.25, 0.3) is 5.69 Å². The number of pyridine rings is 1. The minimum absolute atomic E-state index is 0.0291. The van der Waals surface area contributed by atoms with E-state index in [0.717, 1.165) is 0 Å². The van der Waals surface area contributed by atoms with Crippen LogP contribution >= 0.6 is 11.8 Å². The van der Waals surface area contributed by atoms with Gasteiger partial charge in [-0.25, -0.2) is 4.79 Å². The molecule has 0 saturated heterocycles. The summed E-state index contributed by atoms with van der Waals surface area (Å²) >= 11 is 1.24. The average molecular weight is 313 g/mol. The Hall–Kier alpha value is -2.16. The number of amides is 1. The van der Waals surface area contributed by atoms with Crippen molar-refractivity contribution in [3.8, 4) is 0 Å². The highest BCUT2D eigenvalue weighted by Crippen LogP contribution is 2.26. The molecular weight excluding hydrogens is 298 g/mol. The Labute approximate surface area is 125 Å². The van der Waals surface area contributed by atoms with Crippen LogP contribution in [-0.4, -0.2) is 39.2 Å². The summed E-state index contributed by atoms with van der Waals surface area (Å²) in [6.45, 7) is 3.23. The molecule has 9 heteroatoms. The summed E-state index contributed by atoms with van der Waals surface area (Å²) in [5, 5.41) is 22.1. The molecule has 0 saturated carbocycles. The molecule has 1 heterocycles. The number of carbonyl (C=O) groups excluding carboxylic acids is 1. The van der Waals surface area contributed by atoms with Gasteiger partial charge in [-0.05, 0) is 13.8 Å². The molecule has 21 heavy (non-hydrogen) atoms. The standard InChI is InChI=1S/C12H15N3O5S/c1-7-3-13-9(8(2)11(7)15(19)20)4-21-5-10(12(17)18)14-6-16/h3,6,10H,4-5H2,1-2H3,(H,14,16)(H,17,18). The second kappa shape index (κ2) is 7.58. The smallest absolute Gasteiger partial charge is 0.327 e. The molecule has 2 N–H and O–H groups in total. The van der Waals surface area contributed by atoms with Gasteiger partial charge in [-0.15, -0.1) is 0 Å². The van der Waals surface area contributed by atoms with E-state index in [4.69, 9.17) is 5.11 Å². The van der Waals surface area contributed by atoms with Crippen molar-refractivity contribution in [2.75, 3.05) is 5.75 Å². The molecule has 0 aliphatic rings. The van der Waals surface area contributed by atoms with Crippen molar-refractivity contribution in [2.24, 2.45) is 0 Å². The maximum absolute atomic E-state index is 11.0. The van der Waals surface area contributed by atoms with Gasteiger partial charge < -0.3 is 10.4 Å². The fraction of sp³-hybridized carbons (Fsp3) is 0.417. The third-order valence-electron chi connectivity index (χ3n) is 2.85. The molecule has 1 aromatic rings. The van der Waals surface area contributed by atoms with Crippen molar-refractivity contribution in [1.29, 1.82) is 0 Å². The zero-order valence-electron chi connectivity index (χ0n) is 11.5. The fourth-order valence-electron chi connectivity index (χ4n) is 1.74. The van der Waals surface area contributed by atoms with Crippen LogP contribution < -0.4 is 5.32 Å². The first-order valence-corrected chi connectivity index (χ1v) is 7.13. The summed E-state index contributed by atoms with van der Waals surface area (Å²) in [7, 11) is 0. The first kappa shape index (κ1) is 16.9. The van der Waals surface area contributed by atoms with Crippen LogP contribution in [0, 0.1) is 24.0 Å². The van der Waals surface area contributed by atoms with Crippen molar-refractivity contribution in [2.45, 2.75) is 25.6 Å². The molecule has 0 aliphatic heterocycles. The third-order valence-corrected chi connectivity index (χ3v) is 3.90. The molecular formula is C12H15N3O5S. The molecule has 0 bridgehead atoms. The number of aliphatic carboxylic acids is 1. The van der Waals surface area contributed by atoms with Gasteiger partial charge in [-0.1, -0.05) is 0 Å². The second-order valence-electron chi connectivity index (χ2n) is 4.31. The summed E-state index contributed by atoms with van der Waals surface area (Å²) < 4.78 is 0. The number of hydrogen-bond acceptors (Lipinski definition) is 6. The van der Waals surface area contributed by atoms with Crippen molar-refractivity contribution >= 4 is 29.8 Å². The molecule has 0 fully saturated rings. The molecule has 1 aromatic heterocycles. The summed E-state index contributed by atoms with van der Waals surface area (Å²) in [5.74, 6) is -0.650. The minimum atomic E-state index is -1.13. The van der Waals surface area contributed by atoms with Gasteiger partial charge >= 0.3 is 5.97 Å². The number of carboxylic acid groups (broad SMARTS) is 1. The highest BCUT2D eigenvalue weighted by Gasteiger charge is 2.20. The largest absolute Gasteiger partial charge is 0.480 e. The van der Waals surface area contributed by atoms with Crippen molar-refractivity contribution in [1.82, 2.24) is 10.3 Å². The Kier molecular flexibility index (Phi) is 6.10. The molecule has 8 nitrogen and oxygen atoms in total. The van der Waals surface area contributed by atoms with E-state index in [1.165, 1.54) is 18.0 Å². The lowest BCUT2D eigenvalue weighted by Gasteiger charge is -2.11. The van der Waals surface area contributed by atoms with Crippen molar-refractivity contribution in [3.05, 3.63) is 33.1 Å². The molecule has 0 aliphatic carbocycles. The van der Waals surface area contributed by atoms with Crippen molar-refractivity contribution in [3.63, 3.8) is 0 Å². The van der Waals surface area contributed by atoms with Gasteiger partial charge in [-0.3, -0.25) is 19.9 Å². The van der Waals surface area contributed by atoms with Crippen molar-refractivity contribution < 1.29 is 19.6 Å². The van der Waals surface area contributed by atoms with E-state index in [2.05, 4.69) is 10.3 Å². The van der Waals surface area contributed by atoms with Crippen LogP contribution in [0.3, 0.4) is 0 Å². The van der Waals surface area contributed by atoms with E-state index in [9.17, 15) is 19.7 Å². The van der Waals surface area contributed by atoms with E-state index < -0.39 is 16.9 Å². The highest BCUT2D eigenvalue weighted by atomic mass is 32.2. The predicted octanol–water partition coefficient (Wildman–Crippen LogP) is 1.04. The van der Waals surface area contributed by atoms with Crippen LogP contribution in [0.4, 0.5) is 5.69 Å². The number of carbonyl (C=O) groups is 2. The van der Waals surface area contributed by atoms with Gasteiger partial charge in [0.2, 0.25) is 6.41 Å². The number of carboxylic acids is 1. The summed E-state index contributed by atoms with van der Waals surface area (Å²) in [6.07, 6.45) is 1.76. The van der Waals surface area contributed by atoms with Gasteiger partial charge in [-0.2, -0.15) is 11.8 Å². The molecule has 1 unspecified atom stereocenters. The summed E-state index contributed by atoms with van der Waals surface area (Å²) in [6, 6.07) is -0.992. The number of rotatable bonds is 8. The second-order valence-corrected chi connectivity index (χ2v) is 5.34. The third kappa shape index (κ3) is 4.42. The van der Waals surface area contributed by atoms with Crippen LogP contribution in [0.15, 0.2) is 6.20 Å². The van der Waals surface area contributed by atoms with E-state index in [1.807, 2.05) is 0 Å². The number of nitro groups is 1. The number of hydrogen-bond donors (Lipinski definition) is 2. The predicted molar refractivity (Wildman–Crippen MR) is 77.2 cm³/mol. The lowest BCUT2D eigenvalue weighted by Crippen LogP contribution is -2.37. The van der Waals surface area contributed by atoms with Crippen LogP contribution in [-0.2, 0) is 15.3 Å². The van der Waals surface area contributed by atoms with E-state index in [-0.39, 0.29) is 11.4 Å². The van der Waals surface area contributed by atoms with Crippen LogP contribution in [0.2, 0.25) is 0 Å². The van der Waals surface area contributed by atoms with E-state index in [1.54, 1.807) is 13.8 Å². The molecule has 0 spiro atoms. The highest BCUT2D eigenvalue weighted by molar-refractivity contribution is 7.98. The zero-order valence-corrected chi connectivity index (χ0v) is 12.3. The quantitative estimate of drug-likeness (QED) is 0.417. The monoisotopic (exact) mass is 313 g/mol. The minimum Gasteiger partial charge on any atom is -0.480 e. The van der Waals surface area contributed by atoms with Gasteiger partial charge in [0, 0.05) is 28.8 Å². The van der Waals surface area contributed by atoms with E-state index in [0.29, 0.717) is 29.0 Å². The Bertz CT molecular complexity index is 564. The molecule has 1 amide bonds. The fourth-order valence-corrected chi connectivity index (χ4v) is 2.81. The number of thioether (sulfide) groups is 1. The first-order chi connectivity index (χ1) is 9.88. The lowest BCUT2D eigenvalue weighted by atomic mass is 10.1. The van der Waals surface area contributed by atoms with E-state index >= 15 is 0 Å². The van der Waals surface area contributed by atoms with Gasteiger partial charge in [0.1, 0.15) is 6.04 Å². The molecule has 0 aromatic carbocycles. The summed E-state index contributed by atoms with van der Waals surface area (Å²) in [5.41, 5.74) is 1.52. The Morgan fingerprint density at radius 2 is 2.29 bits per heavy atom.